The summed E-state index contributed by atoms with van der Waals surface area (Å²) >= 11 is 0. The molecule has 2 heterocycles. The summed E-state index contributed by atoms with van der Waals surface area (Å²) in [5.74, 6) is -0.290. The summed E-state index contributed by atoms with van der Waals surface area (Å²) in [6.07, 6.45) is 3.66. The number of nitrogens with one attached hydrogen (secondary N) is 4. The molecule has 0 bridgehead atoms. The molecule has 3 aromatic carbocycles. The number of anilines is 4. The molecule has 0 saturated heterocycles. The first-order chi connectivity index (χ1) is 15.7. The van der Waals surface area contributed by atoms with Crippen LogP contribution in [0.1, 0.15) is 21.6 Å². The van der Waals surface area contributed by atoms with E-state index in [1.165, 1.54) is 0 Å². The van der Waals surface area contributed by atoms with Crippen LogP contribution < -0.4 is 16.0 Å². The topological polar surface area (TPSA) is 86.0 Å². The minimum atomic E-state index is -0.163. The fourth-order valence-corrected chi connectivity index (χ4v) is 3.63. The van der Waals surface area contributed by atoms with Crippen LogP contribution in [0.15, 0.2) is 91.1 Å². The van der Waals surface area contributed by atoms with Crippen LogP contribution in [0.3, 0.4) is 0 Å². The molecule has 0 spiro atoms. The van der Waals surface area contributed by atoms with Crippen molar-refractivity contribution in [1.82, 2.24) is 4.98 Å². The van der Waals surface area contributed by atoms with Crippen molar-refractivity contribution < 1.29 is 9.59 Å². The first kappa shape index (κ1) is 19.4. The van der Waals surface area contributed by atoms with E-state index >= 15 is 0 Å². The standard InChI is InChI=1S/C26H20N4O2/c31-25(17-6-2-1-3-7-17)29-20-9-4-8-19(14-20)28-21-11-12-24-22(16-21)23(26(32)30-24)15-18-10-5-13-27-18/h1-16,27-28H,(H,29,31)(H,30,32)/b23-15-. The predicted molar refractivity (Wildman–Crippen MR) is 128 cm³/mol. The third kappa shape index (κ3) is 4.02. The lowest BCUT2D eigenvalue weighted by Gasteiger charge is -2.11. The molecule has 4 N–H and O–H groups in total. The van der Waals surface area contributed by atoms with Crippen molar-refractivity contribution in [3.63, 3.8) is 0 Å². The van der Waals surface area contributed by atoms with Gasteiger partial charge in [-0.3, -0.25) is 9.59 Å². The minimum Gasteiger partial charge on any atom is -0.362 e. The summed E-state index contributed by atoms with van der Waals surface area (Å²) in [7, 11) is 0. The van der Waals surface area contributed by atoms with E-state index in [-0.39, 0.29) is 11.8 Å². The number of aromatic amines is 1. The number of fused-ring (bicyclic) bond motifs is 1. The molecule has 1 aliphatic rings. The highest BCUT2D eigenvalue weighted by Crippen LogP contribution is 2.35. The van der Waals surface area contributed by atoms with Crippen LogP contribution in [0.4, 0.5) is 22.7 Å². The Labute approximate surface area is 185 Å². The molecule has 6 heteroatoms. The van der Waals surface area contributed by atoms with E-state index in [4.69, 9.17) is 0 Å². The lowest BCUT2D eigenvalue weighted by Crippen LogP contribution is -2.11. The summed E-state index contributed by atoms with van der Waals surface area (Å²) in [6.45, 7) is 0. The molecule has 156 valence electrons. The van der Waals surface area contributed by atoms with Crippen molar-refractivity contribution in [2.45, 2.75) is 0 Å². The highest BCUT2D eigenvalue weighted by atomic mass is 16.2. The fourth-order valence-electron chi connectivity index (χ4n) is 3.63. The molecule has 5 rings (SSSR count). The monoisotopic (exact) mass is 420 g/mol. The molecule has 1 aliphatic heterocycles. The average Bonchev–Trinajstić information content (AvgIpc) is 3.43. The molecular formula is C26H20N4O2. The van der Waals surface area contributed by atoms with Gasteiger partial charge in [-0.25, -0.2) is 0 Å². The van der Waals surface area contributed by atoms with E-state index < -0.39 is 0 Å². The lowest BCUT2D eigenvalue weighted by atomic mass is 10.1. The Hall–Kier alpha value is -4.58. The molecule has 0 fully saturated rings. The Balaban J connectivity index is 1.37. The number of benzene rings is 3. The fraction of sp³-hybridized carbons (Fsp3) is 0. The first-order valence-corrected chi connectivity index (χ1v) is 10.2. The van der Waals surface area contributed by atoms with Crippen LogP contribution in [0.25, 0.3) is 11.6 Å². The Morgan fingerprint density at radius 2 is 1.62 bits per heavy atom. The molecule has 0 radical (unpaired) electrons. The largest absolute Gasteiger partial charge is 0.362 e. The van der Waals surface area contributed by atoms with Crippen molar-refractivity contribution in [1.29, 1.82) is 0 Å². The quantitative estimate of drug-likeness (QED) is 0.322. The molecule has 32 heavy (non-hydrogen) atoms. The van der Waals surface area contributed by atoms with E-state index in [0.29, 0.717) is 16.8 Å². The van der Waals surface area contributed by atoms with Gasteiger partial charge in [-0.2, -0.15) is 0 Å². The summed E-state index contributed by atoms with van der Waals surface area (Å²) < 4.78 is 0. The van der Waals surface area contributed by atoms with Crippen LogP contribution in [0.5, 0.6) is 0 Å². The van der Waals surface area contributed by atoms with Gasteiger partial charge in [-0.05, 0) is 66.7 Å². The first-order valence-electron chi connectivity index (χ1n) is 10.2. The van der Waals surface area contributed by atoms with Crippen molar-refractivity contribution in [3.05, 3.63) is 108 Å². The number of carbonyl (C=O) groups excluding carboxylic acids is 2. The van der Waals surface area contributed by atoms with E-state index in [1.54, 1.807) is 12.1 Å². The molecule has 0 atom stereocenters. The normalized spacial score (nSPS) is 13.5. The number of H-pyrrole nitrogens is 1. The van der Waals surface area contributed by atoms with Crippen LogP contribution in [-0.4, -0.2) is 16.8 Å². The molecular weight excluding hydrogens is 400 g/mol. The third-order valence-electron chi connectivity index (χ3n) is 5.17. The Morgan fingerprint density at radius 3 is 2.44 bits per heavy atom. The van der Waals surface area contributed by atoms with E-state index in [0.717, 1.165) is 28.3 Å². The average molecular weight is 420 g/mol. The molecule has 4 aromatic rings. The van der Waals surface area contributed by atoms with Gasteiger partial charge in [-0.1, -0.05) is 24.3 Å². The van der Waals surface area contributed by atoms with Gasteiger partial charge >= 0.3 is 0 Å². The second kappa shape index (κ2) is 8.28. The minimum absolute atomic E-state index is 0.127. The SMILES string of the molecule is O=C1Nc2ccc(Nc3cccc(NC(=O)c4ccccc4)c3)cc2/C1=C/c1ccc[nH]1. The van der Waals surface area contributed by atoms with Gasteiger partial charge in [0.1, 0.15) is 0 Å². The summed E-state index contributed by atoms with van der Waals surface area (Å²) in [5, 5.41) is 9.17. The van der Waals surface area contributed by atoms with E-state index in [1.807, 2.05) is 85.1 Å². The van der Waals surface area contributed by atoms with Crippen LogP contribution in [-0.2, 0) is 4.79 Å². The van der Waals surface area contributed by atoms with Gasteiger partial charge in [0.25, 0.3) is 11.8 Å². The second-order valence-corrected chi connectivity index (χ2v) is 7.42. The summed E-state index contributed by atoms with van der Waals surface area (Å²) in [6, 6.07) is 26.1. The molecule has 6 nitrogen and oxygen atoms in total. The Bertz CT molecular complexity index is 1330. The van der Waals surface area contributed by atoms with Gasteiger partial charge in [0.2, 0.25) is 0 Å². The third-order valence-corrected chi connectivity index (χ3v) is 5.17. The van der Waals surface area contributed by atoms with Crippen molar-refractivity contribution >= 4 is 46.2 Å². The number of amides is 2. The van der Waals surface area contributed by atoms with Gasteiger partial charge < -0.3 is 20.9 Å². The number of hydrogen-bond donors (Lipinski definition) is 4. The smallest absolute Gasteiger partial charge is 0.256 e. The number of rotatable bonds is 5. The maximum absolute atomic E-state index is 12.4. The van der Waals surface area contributed by atoms with Crippen LogP contribution in [0.2, 0.25) is 0 Å². The summed E-state index contributed by atoms with van der Waals surface area (Å²) in [4.78, 5) is 28.0. The van der Waals surface area contributed by atoms with Crippen LogP contribution in [0, 0.1) is 0 Å². The van der Waals surface area contributed by atoms with Gasteiger partial charge in [0.15, 0.2) is 0 Å². The van der Waals surface area contributed by atoms with Gasteiger partial charge in [0.05, 0.1) is 5.57 Å². The molecule has 2 amide bonds. The zero-order chi connectivity index (χ0) is 21.9. The highest BCUT2D eigenvalue weighted by molar-refractivity contribution is 6.35. The number of hydrogen-bond acceptors (Lipinski definition) is 3. The van der Waals surface area contributed by atoms with E-state index in [2.05, 4.69) is 20.9 Å². The van der Waals surface area contributed by atoms with Crippen molar-refractivity contribution in [2.24, 2.45) is 0 Å². The molecule has 0 unspecified atom stereocenters. The Morgan fingerprint density at radius 1 is 0.812 bits per heavy atom. The Kier molecular flexibility index (Phi) is 5.01. The molecule has 0 saturated carbocycles. The van der Waals surface area contributed by atoms with Crippen LogP contribution >= 0.6 is 0 Å². The predicted octanol–water partition coefficient (Wildman–Crippen LogP) is 5.50. The van der Waals surface area contributed by atoms with Crippen molar-refractivity contribution in [2.75, 3.05) is 16.0 Å². The highest BCUT2D eigenvalue weighted by Gasteiger charge is 2.24. The number of aromatic nitrogens is 1. The second-order valence-electron chi connectivity index (χ2n) is 7.42. The summed E-state index contributed by atoms with van der Waals surface area (Å²) in [5.41, 5.74) is 6.04. The van der Waals surface area contributed by atoms with Crippen molar-refractivity contribution in [3.8, 4) is 0 Å². The zero-order valence-corrected chi connectivity index (χ0v) is 17.1. The van der Waals surface area contributed by atoms with E-state index in [9.17, 15) is 9.59 Å². The maximum Gasteiger partial charge on any atom is 0.256 e. The maximum atomic E-state index is 12.4. The van der Waals surface area contributed by atoms with Gasteiger partial charge in [-0.15, -0.1) is 0 Å². The number of carbonyl (C=O) groups is 2. The molecule has 0 aliphatic carbocycles. The van der Waals surface area contributed by atoms with Gasteiger partial charge in [0, 0.05) is 45.8 Å². The molecule has 1 aromatic heterocycles. The lowest BCUT2D eigenvalue weighted by molar-refractivity contribution is -0.110. The zero-order valence-electron chi connectivity index (χ0n) is 17.1.